The van der Waals surface area contributed by atoms with Crippen LogP contribution in [0, 0.1) is 11.3 Å². The zero-order valence-corrected chi connectivity index (χ0v) is 11.9. The highest BCUT2D eigenvalue weighted by atomic mass is 16.5. The molecule has 2 aliphatic rings. The van der Waals surface area contributed by atoms with Crippen molar-refractivity contribution < 1.29 is 19.4 Å². The van der Waals surface area contributed by atoms with Crippen molar-refractivity contribution >= 4 is 11.9 Å². The van der Waals surface area contributed by atoms with Gasteiger partial charge in [-0.1, -0.05) is 13.8 Å². The summed E-state index contributed by atoms with van der Waals surface area (Å²) in [6.07, 6.45) is 2.49. The van der Waals surface area contributed by atoms with Crippen LogP contribution in [0.2, 0.25) is 0 Å². The molecule has 0 radical (unpaired) electrons. The third kappa shape index (κ3) is 2.76. The molecule has 5 heteroatoms. The molecule has 2 heterocycles. The van der Waals surface area contributed by atoms with Gasteiger partial charge in [0.2, 0.25) is 5.91 Å². The lowest BCUT2D eigenvalue weighted by Gasteiger charge is -2.44. The first-order valence-electron chi connectivity index (χ1n) is 6.98. The van der Waals surface area contributed by atoms with E-state index in [-0.39, 0.29) is 23.3 Å². The fourth-order valence-corrected chi connectivity index (χ4v) is 3.32. The Balaban J connectivity index is 2.16. The highest BCUT2D eigenvalue weighted by Crippen LogP contribution is 2.36. The minimum Gasteiger partial charge on any atom is -0.480 e. The third-order valence-corrected chi connectivity index (χ3v) is 4.34. The quantitative estimate of drug-likeness (QED) is 0.825. The maximum atomic E-state index is 12.5. The standard InChI is InChI=1S/C14H23NO4/c1-9-7-10(8-19-9)12(16)15-6-4-5-14(2,3)11(15)13(17)18/h9-11H,4-8H2,1-3H3,(H,17,18). The van der Waals surface area contributed by atoms with Gasteiger partial charge in [0.05, 0.1) is 18.6 Å². The summed E-state index contributed by atoms with van der Waals surface area (Å²) in [5.41, 5.74) is -0.370. The van der Waals surface area contributed by atoms with Crippen LogP contribution in [0.1, 0.15) is 40.0 Å². The Morgan fingerprint density at radius 3 is 2.58 bits per heavy atom. The Labute approximate surface area is 113 Å². The van der Waals surface area contributed by atoms with E-state index in [1.54, 1.807) is 4.90 Å². The number of carbonyl (C=O) groups excluding carboxylic acids is 1. The molecule has 3 atom stereocenters. The first-order valence-corrected chi connectivity index (χ1v) is 6.98. The fraction of sp³-hybridized carbons (Fsp3) is 0.857. The average molecular weight is 269 g/mol. The predicted octanol–water partition coefficient (Wildman–Crippen LogP) is 1.51. The zero-order chi connectivity index (χ0) is 14.2. The molecular weight excluding hydrogens is 246 g/mol. The van der Waals surface area contributed by atoms with Crippen LogP contribution in [-0.2, 0) is 14.3 Å². The number of hydrogen-bond acceptors (Lipinski definition) is 3. The van der Waals surface area contributed by atoms with E-state index >= 15 is 0 Å². The molecule has 2 rings (SSSR count). The third-order valence-electron chi connectivity index (χ3n) is 4.34. The summed E-state index contributed by atoms with van der Waals surface area (Å²) in [6.45, 7) is 6.77. The highest BCUT2D eigenvalue weighted by Gasteiger charge is 2.46. The number of carbonyl (C=O) groups is 2. The van der Waals surface area contributed by atoms with E-state index in [0.717, 1.165) is 12.8 Å². The van der Waals surface area contributed by atoms with Crippen molar-refractivity contribution in [2.75, 3.05) is 13.2 Å². The molecule has 0 aromatic rings. The van der Waals surface area contributed by atoms with E-state index in [1.807, 2.05) is 20.8 Å². The van der Waals surface area contributed by atoms with Crippen molar-refractivity contribution in [1.29, 1.82) is 0 Å². The zero-order valence-electron chi connectivity index (χ0n) is 11.9. The Morgan fingerprint density at radius 2 is 2.05 bits per heavy atom. The van der Waals surface area contributed by atoms with Gasteiger partial charge in [0.25, 0.3) is 0 Å². The minimum atomic E-state index is -0.898. The number of carboxylic acid groups (broad SMARTS) is 1. The number of hydrogen-bond donors (Lipinski definition) is 1. The molecule has 108 valence electrons. The molecule has 19 heavy (non-hydrogen) atoms. The summed E-state index contributed by atoms with van der Waals surface area (Å²) in [5.74, 6) is -1.12. The van der Waals surface area contributed by atoms with Crippen molar-refractivity contribution in [3.05, 3.63) is 0 Å². The number of carboxylic acids is 1. The molecule has 2 aliphatic heterocycles. The number of ether oxygens (including phenoxy) is 1. The lowest BCUT2D eigenvalue weighted by atomic mass is 9.76. The van der Waals surface area contributed by atoms with E-state index in [4.69, 9.17) is 4.74 Å². The number of rotatable bonds is 2. The number of nitrogens with zero attached hydrogens (tertiary/aromatic N) is 1. The molecule has 0 bridgehead atoms. The van der Waals surface area contributed by atoms with Crippen molar-refractivity contribution in [1.82, 2.24) is 4.90 Å². The van der Waals surface area contributed by atoms with Crippen LogP contribution in [0.3, 0.4) is 0 Å². The van der Waals surface area contributed by atoms with Crippen molar-refractivity contribution in [3.8, 4) is 0 Å². The summed E-state index contributed by atoms with van der Waals surface area (Å²) in [7, 11) is 0. The summed E-state index contributed by atoms with van der Waals surface area (Å²) >= 11 is 0. The monoisotopic (exact) mass is 269 g/mol. The Morgan fingerprint density at radius 1 is 1.37 bits per heavy atom. The van der Waals surface area contributed by atoms with Crippen LogP contribution in [0.15, 0.2) is 0 Å². The Hall–Kier alpha value is -1.10. The van der Waals surface area contributed by atoms with Crippen molar-refractivity contribution in [2.45, 2.75) is 52.2 Å². The van der Waals surface area contributed by atoms with Gasteiger partial charge in [0.15, 0.2) is 0 Å². The molecule has 1 N–H and O–H groups in total. The second kappa shape index (κ2) is 5.12. The van der Waals surface area contributed by atoms with Gasteiger partial charge in [0, 0.05) is 6.54 Å². The summed E-state index contributed by atoms with van der Waals surface area (Å²) in [4.78, 5) is 25.6. The summed E-state index contributed by atoms with van der Waals surface area (Å²) < 4.78 is 5.43. The summed E-state index contributed by atoms with van der Waals surface area (Å²) in [6, 6.07) is -0.718. The smallest absolute Gasteiger partial charge is 0.326 e. The van der Waals surface area contributed by atoms with Gasteiger partial charge in [-0.15, -0.1) is 0 Å². The molecule has 0 aromatic heterocycles. The lowest BCUT2D eigenvalue weighted by molar-refractivity contribution is -0.160. The van der Waals surface area contributed by atoms with Gasteiger partial charge in [0.1, 0.15) is 6.04 Å². The first-order chi connectivity index (χ1) is 8.83. The number of likely N-dealkylation sites (tertiary alicyclic amines) is 1. The molecule has 0 spiro atoms. The molecule has 5 nitrogen and oxygen atoms in total. The Kier molecular flexibility index (Phi) is 3.85. The van der Waals surface area contributed by atoms with Crippen LogP contribution in [-0.4, -0.2) is 47.2 Å². The van der Waals surface area contributed by atoms with E-state index in [0.29, 0.717) is 19.6 Å². The maximum absolute atomic E-state index is 12.5. The largest absolute Gasteiger partial charge is 0.480 e. The average Bonchev–Trinajstić information content (AvgIpc) is 2.72. The van der Waals surface area contributed by atoms with Crippen LogP contribution in [0.4, 0.5) is 0 Å². The van der Waals surface area contributed by atoms with Crippen LogP contribution in [0.25, 0.3) is 0 Å². The van der Waals surface area contributed by atoms with E-state index < -0.39 is 12.0 Å². The maximum Gasteiger partial charge on any atom is 0.326 e. The molecule has 2 fully saturated rings. The highest BCUT2D eigenvalue weighted by molar-refractivity contribution is 5.86. The van der Waals surface area contributed by atoms with Crippen molar-refractivity contribution in [3.63, 3.8) is 0 Å². The SMILES string of the molecule is CC1CC(C(=O)N2CCCC(C)(C)C2C(=O)O)CO1. The van der Waals surface area contributed by atoms with E-state index in [2.05, 4.69) is 0 Å². The van der Waals surface area contributed by atoms with E-state index in [9.17, 15) is 14.7 Å². The van der Waals surface area contributed by atoms with Gasteiger partial charge in [-0.05, 0) is 31.6 Å². The predicted molar refractivity (Wildman–Crippen MR) is 69.7 cm³/mol. The molecule has 0 aliphatic carbocycles. The van der Waals surface area contributed by atoms with Crippen LogP contribution in [0.5, 0.6) is 0 Å². The number of piperidine rings is 1. The lowest BCUT2D eigenvalue weighted by Crippen LogP contribution is -2.57. The molecule has 0 saturated carbocycles. The molecule has 0 aromatic carbocycles. The molecular formula is C14H23NO4. The van der Waals surface area contributed by atoms with Gasteiger partial charge in [-0.2, -0.15) is 0 Å². The van der Waals surface area contributed by atoms with Crippen molar-refractivity contribution in [2.24, 2.45) is 11.3 Å². The first kappa shape index (κ1) is 14.3. The second-order valence-electron chi connectivity index (χ2n) is 6.44. The number of aliphatic carboxylic acids is 1. The van der Waals surface area contributed by atoms with E-state index in [1.165, 1.54) is 0 Å². The Bertz CT molecular complexity index is 380. The fourth-order valence-electron chi connectivity index (χ4n) is 3.32. The summed E-state index contributed by atoms with van der Waals surface area (Å²) in [5, 5.41) is 9.46. The number of amides is 1. The molecule has 3 unspecified atom stereocenters. The molecule has 1 amide bonds. The normalized spacial score (nSPS) is 34.3. The van der Waals surface area contributed by atoms with Crippen LogP contribution >= 0.6 is 0 Å². The second-order valence-corrected chi connectivity index (χ2v) is 6.44. The van der Waals surface area contributed by atoms with Crippen LogP contribution < -0.4 is 0 Å². The van der Waals surface area contributed by atoms with Gasteiger partial charge >= 0.3 is 5.97 Å². The molecule has 2 saturated heterocycles. The van der Waals surface area contributed by atoms with Gasteiger partial charge in [-0.25, -0.2) is 4.79 Å². The minimum absolute atomic E-state index is 0.0514. The van der Waals surface area contributed by atoms with Gasteiger partial charge < -0.3 is 14.7 Å². The topological polar surface area (TPSA) is 66.8 Å². The van der Waals surface area contributed by atoms with Gasteiger partial charge in [-0.3, -0.25) is 4.79 Å².